The highest BCUT2D eigenvalue weighted by molar-refractivity contribution is 7.99. The van der Waals surface area contributed by atoms with Crippen molar-refractivity contribution in [3.05, 3.63) is 89.3 Å². The number of para-hydroxylation sites is 1. The van der Waals surface area contributed by atoms with Crippen molar-refractivity contribution in [2.45, 2.75) is 25.2 Å². The van der Waals surface area contributed by atoms with E-state index in [1.54, 1.807) is 23.6 Å². The van der Waals surface area contributed by atoms with Gasteiger partial charge in [-0.1, -0.05) is 48.2 Å². The SMILES string of the molecule is C=CCn1c(COc2ccccc2C)nnc1SCC(=O)Nc1scc(-c2ccc(F)cc2)c1C(=O)OC. The molecule has 0 aliphatic rings. The van der Waals surface area contributed by atoms with Crippen molar-refractivity contribution < 1.29 is 23.5 Å². The molecule has 196 valence electrons. The minimum absolute atomic E-state index is 0.0261. The first-order valence-electron chi connectivity index (χ1n) is 11.5. The van der Waals surface area contributed by atoms with E-state index in [9.17, 15) is 14.0 Å². The second-order valence-corrected chi connectivity index (χ2v) is 9.86. The maximum absolute atomic E-state index is 13.4. The van der Waals surface area contributed by atoms with Gasteiger partial charge < -0.3 is 14.8 Å². The van der Waals surface area contributed by atoms with Crippen LogP contribution in [0.5, 0.6) is 5.75 Å². The van der Waals surface area contributed by atoms with Crippen LogP contribution in [-0.4, -0.2) is 39.5 Å². The van der Waals surface area contributed by atoms with E-state index >= 15 is 0 Å². The number of methoxy groups -OCH3 is 1. The highest BCUT2D eigenvalue weighted by Gasteiger charge is 2.23. The van der Waals surface area contributed by atoms with E-state index in [0.717, 1.165) is 11.3 Å². The normalized spacial score (nSPS) is 10.7. The van der Waals surface area contributed by atoms with Gasteiger partial charge in [-0.2, -0.15) is 0 Å². The molecule has 8 nitrogen and oxygen atoms in total. The van der Waals surface area contributed by atoms with Crippen molar-refractivity contribution in [2.75, 3.05) is 18.2 Å². The molecule has 2 heterocycles. The summed E-state index contributed by atoms with van der Waals surface area (Å²) in [4.78, 5) is 25.4. The summed E-state index contributed by atoms with van der Waals surface area (Å²) in [6.07, 6.45) is 1.72. The third kappa shape index (κ3) is 6.29. The number of benzene rings is 2. The average molecular weight is 553 g/mol. The Bertz CT molecular complexity index is 1450. The molecule has 2 aromatic carbocycles. The van der Waals surface area contributed by atoms with Gasteiger partial charge in [0.1, 0.15) is 28.7 Å². The number of amides is 1. The number of thioether (sulfide) groups is 1. The molecule has 0 unspecified atom stereocenters. The number of hydrogen-bond donors (Lipinski definition) is 1. The molecule has 4 aromatic rings. The number of halogens is 1. The van der Waals surface area contributed by atoms with E-state index in [0.29, 0.717) is 33.7 Å². The van der Waals surface area contributed by atoms with Gasteiger partial charge in [0.25, 0.3) is 0 Å². The molecule has 0 aliphatic heterocycles. The lowest BCUT2D eigenvalue weighted by atomic mass is 10.0. The Hall–Kier alpha value is -3.96. The molecule has 11 heteroatoms. The number of hydrogen-bond acceptors (Lipinski definition) is 8. The molecule has 0 saturated heterocycles. The van der Waals surface area contributed by atoms with Crippen LogP contribution < -0.4 is 10.1 Å². The number of rotatable bonds is 11. The number of anilines is 1. The van der Waals surface area contributed by atoms with Gasteiger partial charge in [-0.3, -0.25) is 9.36 Å². The Labute approximate surface area is 227 Å². The van der Waals surface area contributed by atoms with Gasteiger partial charge in [0, 0.05) is 17.5 Å². The van der Waals surface area contributed by atoms with Gasteiger partial charge in [-0.05, 0) is 36.2 Å². The molecular formula is C27H25FN4O4S2. The molecule has 0 radical (unpaired) electrons. The number of thiophene rings is 1. The van der Waals surface area contributed by atoms with Gasteiger partial charge in [0.2, 0.25) is 5.91 Å². The Balaban J connectivity index is 1.45. The summed E-state index contributed by atoms with van der Waals surface area (Å²) < 4.78 is 26.1. The van der Waals surface area contributed by atoms with Crippen LogP contribution in [0.15, 0.2) is 71.7 Å². The summed E-state index contributed by atoms with van der Waals surface area (Å²) in [6.45, 7) is 6.42. The van der Waals surface area contributed by atoms with E-state index in [1.165, 1.54) is 42.3 Å². The summed E-state index contributed by atoms with van der Waals surface area (Å²) in [6, 6.07) is 13.4. The number of ether oxygens (including phenoxy) is 2. The molecular weight excluding hydrogens is 527 g/mol. The molecule has 0 bridgehead atoms. The molecule has 4 rings (SSSR count). The quantitative estimate of drug-likeness (QED) is 0.144. The van der Waals surface area contributed by atoms with Crippen LogP contribution >= 0.6 is 23.1 Å². The van der Waals surface area contributed by atoms with Gasteiger partial charge >= 0.3 is 5.97 Å². The zero-order valence-corrected chi connectivity index (χ0v) is 22.4. The van der Waals surface area contributed by atoms with Crippen molar-refractivity contribution in [2.24, 2.45) is 0 Å². The first-order chi connectivity index (χ1) is 18.4. The molecule has 1 N–H and O–H groups in total. The van der Waals surface area contributed by atoms with Crippen molar-refractivity contribution in [3.63, 3.8) is 0 Å². The van der Waals surface area contributed by atoms with Crippen molar-refractivity contribution in [1.82, 2.24) is 14.8 Å². The monoisotopic (exact) mass is 552 g/mol. The summed E-state index contributed by atoms with van der Waals surface area (Å²) in [5.74, 6) is 0.0652. The third-order valence-electron chi connectivity index (χ3n) is 5.48. The predicted molar refractivity (Wildman–Crippen MR) is 146 cm³/mol. The van der Waals surface area contributed by atoms with Crippen molar-refractivity contribution >= 4 is 40.0 Å². The number of aromatic nitrogens is 3. The largest absolute Gasteiger partial charge is 0.485 e. The maximum atomic E-state index is 13.4. The number of nitrogens with one attached hydrogen (secondary N) is 1. The van der Waals surface area contributed by atoms with Gasteiger partial charge in [0.15, 0.2) is 11.0 Å². The van der Waals surface area contributed by atoms with Crippen LogP contribution in [0.3, 0.4) is 0 Å². The number of carbonyl (C=O) groups is 2. The maximum Gasteiger partial charge on any atom is 0.341 e. The summed E-state index contributed by atoms with van der Waals surface area (Å²) >= 11 is 2.40. The topological polar surface area (TPSA) is 95.3 Å². The Kier molecular flexibility index (Phi) is 8.93. The first-order valence-corrected chi connectivity index (χ1v) is 13.4. The molecule has 0 aliphatic carbocycles. The third-order valence-corrected chi connectivity index (χ3v) is 7.34. The van der Waals surface area contributed by atoms with E-state index < -0.39 is 5.97 Å². The lowest BCUT2D eigenvalue weighted by Crippen LogP contribution is -2.16. The average Bonchev–Trinajstić information content (AvgIpc) is 3.51. The summed E-state index contributed by atoms with van der Waals surface area (Å²) in [5.41, 5.74) is 2.41. The zero-order valence-electron chi connectivity index (χ0n) is 20.8. The molecule has 0 atom stereocenters. The molecule has 2 aromatic heterocycles. The molecule has 0 saturated carbocycles. The fourth-order valence-electron chi connectivity index (χ4n) is 3.59. The van der Waals surface area contributed by atoms with Crippen LogP contribution in [0.1, 0.15) is 21.7 Å². The van der Waals surface area contributed by atoms with Gasteiger partial charge in [-0.25, -0.2) is 9.18 Å². The first kappa shape index (κ1) is 27.1. The second kappa shape index (κ2) is 12.5. The molecule has 0 fully saturated rings. The smallest absolute Gasteiger partial charge is 0.341 e. The van der Waals surface area contributed by atoms with Crippen LogP contribution in [-0.2, 0) is 22.7 Å². The van der Waals surface area contributed by atoms with E-state index in [2.05, 4.69) is 22.1 Å². The van der Waals surface area contributed by atoms with Gasteiger partial charge in [-0.15, -0.1) is 28.1 Å². The Morgan fingerprint density at radius 1 is 1.18 bits per heavy atom. The number of esters is 1. The van der Waals surface area contributed by atoms with Crippen molar-refractivity contribution in [3.8, 4) is 16.9 Å². The number of nitrogens with zero attached hydrogens (tertiary/aromatic N) is 3. The molecule has 1 amide bonds. The highest BCUT2D eigenvalue weighted by Crippen LogP contribution is 2.36. The summed E-state index contributed by atoms with van der Waals surface area (Å²) in [7, 11) is 1.27. The Morgan fingerprint density at radius 3 is 2.66 bits per heavy atom. The lowest BCUT2D eigenvalue weighted by Gasteiger charge is -2.11. The Morgan fingerprint density at radius 2 is 1.95 bits per heavy atom. The molecule has 0 spiro atoms. The standard InChI is InChI=1S/C27H25FN4O4S2/c1-4-13-32-22(14-36-21-8-6-5-7-17(21)2)30-31-27(32)38-16-23(33)29-25-24(26(34)35-3)20(15-37-25)18-9-11-19(28)12-10-18/h4-12,15H,1,13-14,16H2,2-3H3,(H,29,33). The minimum atomic E-state index is -0.599. The second-order valence-electron chi connectivity index (χ2n) is 8.04. The number of aryl methyl sites for hydroxylation is 1. The van der Waals surface area contributed by atoms with E-state index in [-0.39, 0.29) is 29.6 Å². The predicted octanol–water partition coefficient (Wildman–Crippen LogP) is 5.74. The minimum Gasteiger partial charge on any atom is -0.485 e. The van der Waals surface area contributed by atoms with E-state index in [4.69, 9.17) is 9.47 Å². The van der Waals surface area contributed by atoms with Crippen LogP contribution in [0, 0.1) is 12.7 Å². The van der Waals surface area contributed by atoms with Gasteiger partial charge in [0.05, 0.1) is 12.9 Å². The lowest BCUT2D eigenvalue weighted by molar-refractivity contribution is -0.113. The van der Waals surface area contributed by atoms with Crippen LogP contribution in [0.4, 0.5) is 9.39 Å². The number of allylic oxidation sites excluding steroid dienone is 1. The van der Waals surface area contributed by atoms with Crippen LogP contribution in [0.2, 0.25) is 0 Å². The van der Waals surface area contributed by atoms with E-state index in [1.807, 2.05) is 35.8 Å². The fraction of sp³-hybridized carbons (Fsp3) is 0.185. The van der Waals surface area contributed by atoms with Crippen molar-refractivity contribution in [1.29, 1.82) is 0 Å². The zero-order chi connectivity index (χ0) is 27.1. The highest BCUT2D eigenvalue weighted by atomic mass is 32.2. The molecule has 38 heavy (non-hydrogen) atoms. The number of carbonyl (C=O) groups excluding carboxylic acids is 2. The summed E-state index contributed by atoms with van der Waals surface area (Å²) in [5, 5.41) is 13.9. The van der Waals surface area contributed by atoms with Crippen LogP contribution in [0.25, 0.3) is 11.1 Å². The fourth-order valence-corrected chi connectivity index (χ4v) is 5.34.